The van der Waals surface area contributed by atoms with Crippen LogP contribution in [0.5, 0.6) is 0 Å². The van der Waals surface area contributed by atoms with Gasteiger partial charge in [0.05, 0.1) is 19.8 Å². The molecule has 0 aromatic rings. The Morgan fingerprint density at radius 1 is 0.824 bits per heavy atom. The van der Waals surface area contributed by atoms with Crippen LogP contribution in [-0.2, 0) is 9.47 Å². The van der Waals surface area contributed by atoms with Gasteiger partial charge in [-0.05, 0) is 38.9 Å². The molecule has 0 aromatic carbocycles. The fourth-order valence-electron chi connectivity index (χ4n) is 3.28. The predicted molar refractivity (Wildman–Crippen MR) is 66.0 cm³/mol. The van der Waals surface area contributed by atoms with Crippen molar-refractivity contribution in [1.82, 2.24) is 9.80 Å². The molecule has 0 N–H and O–H groups in total. The second kappa shape index (κ2) is 5.22. The summed E-state index contributed by atoms with van der Waals surface area (Å²) in [7, 11) is 0. The van der Waals surface area contributed by atoms with Crippen LogP contribution in [0.1, 0.15) is 25.7 Å². The monoisotopic (exact) mass is 240 g/mol. The Bertz CT molecular complexity index is 248. The Kier molecular flexibility index (Phi) is 3.66. The third-order valence-electron chi connectivity index (χ3n) is 4.24. The van der Waals surface area contributed by atoms with Gasteiger partial charge in [0.25, 0.3) is 0 Å². The first kappa shape index (κ1) is 11.9. The van der Waals surface area contributed by atoms with E-state index in [1.165, 1.54) is 52.0 Å². The predicted octanol–water partition coefficient (Wildman–Crippen LogP) is 0.921. The van der Waals surface area contributed by atoms with Crippen molar-refractivity contribution in [3.8, 4) is 0 Å². The van der Waals surface area contributed by atoms with Crippen LogP contribution in [-0.4, -0.2) is 68.1 Å². The van der Waals surface area contributed by atoms with Gasteiger partial charge in [-0.15, -0.1) is 0 Å². The smallest absolute Gasteiger partial charge is 0.181 e. The van der Waals surface area contributed by atoms with Gasteiger partial charge in [-0.25, -0.2) is 0 Å². The van der Waals surface area contributed by atoms with E-state index in [-0.39, 0.29) is 5.79 Å². The molecule has 98 valence electrons. The minimum absolute atomic E-state index is 0.247. The first-order valence-electron chi connectivity index (χ1n) is 7.09. The standard InChI is InChI=1S/C13H24N2O2/c1-2-6-14(5-1)8-9-15-7-3-4-13(12-15)16-10-11-17-13/h1-12H2. The van der Waals surface area contributed by atoms with Crippen LogP contribution in [0.4, 0.5) is 0 Å². The number of hydrogen-bond acceptors (Lipinski definition) is 4. The molecule has 4 nitrogen and oxygen atoms in total. The maximum atomic E-state index is 5.81. The molecule has 3 heterocycles. The largest absolute Gasteiger partial charge is 0.346 e. The summed E-state index contributed by atoms with van der Waals surface area (Å²) >= 11 is 0. The number of likely N-dealkylation sites (tertiary alicyclic amines) is 2. The molecule has 0 amide bonds. The minimum atomic E-state index is -0.247. The quantitative estimate of drug-likeness (QED) is 0.732. The maximum Gasteiger partial charge on any atom is 0.181 e. The van der Waals surface area contributed by atoms with Gasteiger partial charge >= 0.3 is 0 Å². The molecular formula is C13H24N2O2. The third kappa shape index (κ3) is 2.81. The van der Waals surface area contributed by atoms with Crippen molar-refractivity contribution in [2.75, 3.05) is 52.5 Å². The Labute approximate surface area is 104 Å². The summed E-state index contributed by atoms with van der Waals surface area (Å²) in [5, 5.41) is 0. The molecule has 3 rings (SSSR count). The third-order valence-corrected chi connectivity index (χ3v) is 4.24. The average molecular weight is 240 g/mol. The molecule has 0 radical (unpaired) electrons. The van der Waals surface area contributed by atoms with E-state index in [1.54, 1.807) is 0 Å². The van der Waals surface area contributed by atoms with Crippen molar-refractivity contribution < 1.29 is 9.47 Å². The van der Waals surface area contributed by atoms with E-state index in [9.17, 15) is 0 Å². The van der Waals surface area contributed by atoms with Gasteiger partial charge in [-0.3, -0.25) is 4.90 Å². The Balaban J connectivity index is 1.46. The molecule has 4 heteroatoms. The number of hydrogen-bond donors (Lipinski definition) is 0. The van der Waals surface area contributed by atoms with Crippen molar-refractivity contribution in [2.45, 2.75) is 31.5 Å². The number of piperidine rings is 1. The lowest BCUT2D eigenvalue weighted by Crippen LogP contribution is -2.50. The van der Waals surface area contributed by atoms with Crippen LogP contribution in [0.2, 0.25) is 0 Å². The fourth-order valence-corrected chi connectivity index (χ4v) is 3.28. The van der Waals surface area contributed by atoms with Crippen LogP contribution >= 0.6 is 0 Å². The van der Waals surface area contributed by atoms with Crippen molar-refractivity contribution >= 4 is 0 Å². The average Bonchev–Trinajstić information content (AvgIpc) is 2.99. The molecular weight excluding hydrogens is 216 g/mol. The molecule has 1 spiro atoms. The van der Waals surface area contributed by atoms with Gasteiger partial charge in [-0.2, -0.15) is 0 Å². The molecule has 0 bridgehead atoms. The summed E-state index contributed by atoms with van der Waals surface area (Å²) in [5.41, 5.74) is 0. The summed E-state index contributed by atoms with van der Waals surface area (Å²) in [6, 6.07) is 0. The maximum absolute atomic E-state index is 5.81. The first-order valence-corrected chi connectivity index (χ1v) is 7.09. The van der Waals surface area contributed by atoms with Crippen LogP contribution in [0.25, 0.3) is 0 Å². The Morgan fingerprint density at radius 2 is 1.47 bits per heavy atom. The van der Waals surface area contributed by atoms with Crippen molar-refractivity contribution in [3.63, 3.8) is 0 Å². The zero-order valence-corrected chi connectivity index (χ0v) is 10.7. The molecule has 0 aromatic heterocycles. The molecule has 0 unspecified atom stereocenters. The van der Waals surface area contributed by atoms with E-state index in [0.29, 0.717) is 0 Å². The summed E-state index contributed by atoms with van der Waals surface area (Å²) in [4.78, 5) is 5.10. The second-order valence-electron chi connectivity index (χ2n) is 5.54. The van der Waals surface area contributed by atoms with E-state index in [0.717, 1.165) is 26.2 Å². The van der Waals surface area contributed by atoms with Crippen LogP contribution in [0, 0.1) is 0 Å². The van der Waals surface area contributed by atoms with E-state index in [2.05, 4.69) is 9.80 Å². The van der Waals surface area contributed by atoms with E-state index in [1.807, 2.05) is 0 Å². The molecule has 17 heavy (non-hydrogen) atoms. The first-order chi connectivity index (χ1) is 8.36. The molecule has 0 atom stereocenters. The van der Waals surface area contributed by atoms with Gasteiger partial charge in [0.15, 0.2) is 5.79 Å². The highest BCUT2D eigenvalue weighted by atomic mass is 16.7. The topological polar surface area (TPSA) is 24.9 Å². The SMILES string of the molecule is C1CCN(CCN2CCCC3(C2)OCCO3)C1. The Morgan fingerprint density at radius 3 is 2.24 bits per heavy atom. The van der Waals surface area contributed by atoms with Gasteiger partial charge < -0.3 is 14.4 Å². The summed E-state index contributed by atoms with van der Waals surface area (Å²) < 4.78 is 11.6. The highest BCUT2D eigenvalue weighted by Crippen LogP contribution is 2.29. The lowest BCUT2D eigenvalue weighted by atomic mass is 10.0. The zero-order valence-electron chi connectivity index (χ0n) is 10.7. The molecule has 3 fully saturated rings. The molecule has 3 aliphatic heterocycles. The second-order valence-corrected chi connectivity index (χ2v) is 5.54. The van der Waals surface area contributed by atoms with Crippen LogP contribution in [0.15, 0.2) is 0 Å². The lowest BCUT2D eigenvalue weighted by Gasteiger charge is -2.39. The summed E-state index contributed by atoms with van der Waals surface area (Å²) in [6.07, 6.45) is 5.06. The summed E-state index contributed by atoms with van der Waals surface area (Å²) in [6.45, 7) is 8.73. The van der Waals surface area contributed by atoms with E-state index >= 15 is 0 Å². The van der Waals surface area contributed by atoms with Gasteiger partial charge in [0.2, 0.25) is 0 Å². The zero-order chi connectivity index (χ0) is 11.6. The van der Waals surface area contributed by atoms with Gasteiger partial charge in [-0.1, -0.05) is 0 Å². The molecule has 3 saturated heterocycles. The van der Waals surface area contributed by atoms with Crippen LogP contribution in [0.3, 0.4) is 0 Å². The number of nitrogens with zero attached hydrogens (tertiary/aromatic N) is 2. The van der Waals surface area contributed by atoms with Gasteiger partial charge in [0.1, 0.15) is 0 Å². The Hall–Kier alpha value is -0.160. The van der Waals surface area contributed by atoms with E-state index < -0.39 is 0 Å². The van der Waals surface area contributed by atoms with Crippen LogP contribution < -0.4 is 0 Å². The normalized spacial score (nSPS) is 30.4. The van der Waals surface area contributed by atoms with Crippen molar-refractivity contribution in [2.24, 2.45) is 0 Å². The van der Waals surface area contributed by atoms with Gasteiger partial charge in [0, 0.05) is 19.5 Å². The molecule has 0 saturated carbocycles. The molecule has 3 aliphatic rings. The minimum Gasteiger partial charge on any atom is -0.346 e. The highest BCUT2D eigenvalue weighted by molar-refractivity contribution is 4.84. The number of rotatable bonds is 3. The fraction of sp³-hybridized carbons (Fsp3) is 1.00. The molecule has 0 aliphatic carbocycles. The van der Waals surface area contributed by atoms with Crippen molar-refractivity contribution in [3.05, 3.63) is 0 Å². The van der Waals surface area contributed by atoms with E-state index in [4.69, 9.17) is 9.47 Å². The number of ether oxygens (including phenoxy) is 2. The van der Waals surface area contributed by atoms with Crippen molar-refractivity contribution in [1.29, 1.82) is 0 Å². The summed E-state index contributed by atoms with van der Waals surface area (Å²) in [5.74, 6) is -0.247. The highest BCUT2D eigenvalue weighted by Gasteiger charge is 2.40. The lowest BCUT2D eigenvalue weighted by molar-refractivity contribution is -0.189.